The Balaban J connectivity index is 1.74. The minimum Gasteiger partial charge on any atom is -0.495 e. The van der Waals surface area contributed by atoms with Crippen molar-refractivity contribution in [2.24, 2.45) is 0 Å². The molecular weight excluding hydrogens is 366 g/mol. The topological polar surface area (TPSA) is 63.7 Å². The van der Waals surface area contributed by atoms with Gasteiger partial charge in [0.1, 0.15) is 17.3 Å². The van der Waals surface area contributed by atoms with Crippen LogP contribution in [0.15, 0.2) is 30.5 Å². The Hall–Kier alpha value is -2.47. The third kappa shape index (κ3) is 4.63. The summed E-state index contributed by atoms with van der Waals surface area (Å²) in [5.41, 5.74) is 0.963. The molecule has 1 aliphatic rings. The van der Waals surface area contributed by atoms with Crippen LogP contribution in [0.2, 0.25) is 5.02 Å². The third-order valence-corrected chi connectivity index (χ3v) is 4.96. The summed E-state index contributed by atoms with van der Waals surface area (Å²) in [4.78, 5) is 19.4. The highest BCUT2D eigenvalue weighted by Crippen LogP contribution is 2.36. The van der Waals surface area contributed by atoms with Gasteiger partial charge >= 0.3 is 0 Å². The van der Waals surface area contributed by atoms with Crippen molar-refractivity contribution in [2.75, 3.05) is 37.5 Å². The molecule has 3 rings (SSSR count). The minimum atomic E-state index is -0.271. The summed E-state index contributed by atoms with van der Waals surface area (Å²) in [7, 11) is 3.04. The number of halogens is 1. The Morgan fingerprint density at radius 3 is 2.37 bits per heavy atom. The maximum Gasteiger partial charge on any atom is 0.257 e. The summed E-state index contributed by atoms with van der Waals surface area (Å²) in [5.74, 6) is 1.57. The highest BCUT2D eigenvalue weighted by Gasteiger charge is 2.15. The fourth-order valence-corrected chi connectivity index (χ4v) is 3.39. The fraction of sp³-hybridized carbons (Fsp3) is 0.400. The van der Waals surface area contributed by atoms with E-state index < -0.39 is 0 Å². The Bertz CT molecular complexity index is 788. The first-order chi connectivity index (χ1) is 13.1. The van der Waals surface area contributed by atoms with Crippen LogP contribution >= 0.6 is 11.6 Å². The van der Waals surface area contributed by atoms with Crippen LogP contribution in [0.3, 0.4) is 0 Å². The molecule has 6 nitrogen and oxygen atoms in total. The zero-order valence-corrected chi connectivity index (χ0v) is 16.4. The lowest BCUT2D eigenvalue weighted by Crippen LogP contribution is -2.25. The number of carbonyl (C=O) groups excluding carboxylic acids is 1. The summed E-state index contributed by atoms with van der Waals surface area (Å²) in [6.45, 7) is 2.03. The number of hydrogen-bond acceptors (Lipinski definition) is 5. The van der Waals surface area contributed by atoms with Crippen LogP contribution in [-0.4, -0.2) is 38.2 Å². The summed E-state index contributed by atoms with van der Waals surface area (Å²) in [6.07, 6.45) is 6.51. The van der Waals surface area contributed by atoms with Crippen molar-refractivity contribution < 1.29 is 14.3 Å². The molecule has 27 heavy (non-hydrogen) atoms. The maximum atomic E-state index is 12.6. The van der Waals surface area contributed by atoms with Crippen LogP contribution in [0.4, 0.5) is 11.5 Å². The zero-order chi connectivity index (χ0) is 19.2. The molecule has 0 radical (unpaired) electrons. The number of methoxy groups -OCH3 is 2. The second kappa shape index (κ2) is 8.95. The van der Waals surface area contributed by atoms with E-state index in [1.807, 2.05) is 6.07 Å². The molecule has 0 unspecified atom stereocenters. The third-order valence-electron chi connectivity index (χ3n) is 4.66. The number of pyridine rings is 1. The molecular formula is C20H24ClN3O3. The smallest absolute Gasteiger partial charge is 0.257 e. The van der Waals surface area contributed by atoms with Gasteiger partial charge in [-0.2, -0.15) is 0 Å². The van der Waals surface area contributed by atoms with Crippen LogP contribution < -0.4 is 19.7 Å². The van der Waals surface area contributed by atoms with E-state index in [2.05, 4.69) is 15.2 Å². The fourth-order valence-electron chi connectivity index (χ4n) is 3.16. The number of nitrogens with one attached hydrogen (secondary N) is 1. The van der Waals surface area contributed by atoms with Crippen molar-refractivity contribution in [3.05, 3.63) is 41.0 Å². The Labute approximate surface area is 164 Å². The molecule has 0 spiro atoms. The van der Waals surface area contributed by atoms with Gasteiger partial charge in [-0.25, -0.2) is 4.98 Å². The number of anilines is 2. The van der Waals surface area contributed by atoms with Gasteiger partial charge in [0.2, 0.25) is 0 Å². The molecule has 2 aromatic rings. The second-order valence-electron chi connectivity index (χ2n) is 6.45. The predicted octanol–water partition coefficient (Wildman–Crippen LogP) is 4.38. The summed E-state index contributed by atoms with van der Waals surface area (Å²) < 4.78 is 10.5. The van der Waals surface area contributed by atoms with E-state index in [-0.39, 0.29) is 5.91 Å². The zero-order valence-electron chi connectivity index (χ0n) is 15.6. The number of carbonyl (C=O) groups is 1. The summed E-state index contributed by atoms with van der Waals surface area (Å²) >= 11 is 6.10. The van der Waals surface area contributed by atoms with Crippen LogP contribution in [-0.2, 0) is 0 Å². The van der Waals surface area contributed by atoms with E-state index in [0.29, 0.717) is 27.8 Å². The van der Waals surface area contributed by atoms with Crippen molar-refractivity contribution in [1.29, 1.82) is 0 Å². The molecule has 2 heterocycles. The molecule has 7 heteroatoms. The van der Waals surface area contributed by atoms with Gasteiger partial charge in [-0.05, 0) is 25.0 Å². The van der Waals surface area contributed by atoms with Gasteiger partial charge in [-0.15, -0.1) is 0 Å². The van der Waals surface area contributed by atoms with Crippen molar-refractivity contribution in [3.63, 3.8) is 0 Å². The Kier molecular flexibility index (Phi) is 6.40. The van der Waals surface area contributed by atoms with Gasteiger partial charge in [0, 0.05) is 31.4 Å². The standard InChI is InChI=1S/C20H24ClN3O3/c1-26-17-12-16(18(27-2)11-15(17)21)23-20(25)14-7-8-19(22-13-14)24-9-5-3-4-6-10-24/h7-8,11-13H,3-6,9-10H2,1-2H3,(H,23,25). The number of rotatable bonds is 5. The van der Waals surface area contributed by atoms with Crippen molar-refractivity contribution >= 4 is 29.0 Å². The second-order valence-corrected chi connectivity index (χ2v) is 6.85. The van der Waals surface area contributed by atoms with Crippen LogP contribution in [0.5, 0.6) is 11.5 Å². The minimum absolute atomic E-state index is 0.271. The van der Waals surface area contributed by atoms with Crippen molar-refractivity contribution in [2.45, 2.75) is 25.7 Å². The quantitative estimate of drug-likeness (QED) is 0.821. The van der Waals surface area contributed by atoms with E-state index in [1.165, 1.54) is 39.9 Å². The number of nitrogens with zero attached hydrogens (tertiary/aromatic N) is 2. The van der Waals surface area contributed by atoms with Gasteiger partial charge in [-0.3, -0.25) is 4.79 Å². The molecule has 144 valence electrons. The molecule has 0 atom stereocenters. The number of ether oxygens (including phenoxy) is 2. The van der Waals surface area contributed by atoms with Crippen molar-refractivity contribution in [3.8, 4) is 11.5 Å². The first-order valence-corrected chi connectivity index (χ1v) is 9.44. The van der Waals surface area contributed by atoms with E-state index in [4.69, 9.17) is 21.1 Å². The monoisotopic (exact) mass is 389 g/mol. The summed E-state index contributed by atoms with van der Waals surface area (Å²) in [5, 5.41) is 3.25. The van der Waals surface area contributed by atoms with Gasteiger partial charge in [0.15, 0.2) is 0 Å². The van der Waals surface area contributed by atoms with Crippen LogP contribution in [0.1, 0.15) is 36.0 Å². The molecule has 1 aromatic heterocycles. The molecule has 0 bridgehead atoms. The van der Waals surface area contributed by atoms with Gasteiger partial charge in [0.25, 0.3) is 5.91 Å². The van der Waals surface area contributed by atoms with Crippen LogP contribution in [0.25, 0.3) is 0 Å². The lowest BCUT2D eigenvalue weighted by Gasteiger charge is -2.21. The van der Waals surface area contributed by atoms with E-state index in [9.17, 15) is 4.79 Å². The SMILES string of the molecule is COc1cc(NC(=O)c2ccc(N3CCCCCC3)nc2)c(OC)cc1Cl. The first kappa shape index (κ1) is 19.3. The average Bonchev–Trinajstić information content (AvgIpc) is 2.98. The highest BCUT2D eigenvalue weighted by atomic mass is 35.5. The van der Waals surface area contributed by atoms with Crippen molar-refractivity contribution in [1.82, 2.24) is 4.98 Å². The molecule has 1 aliphatic heterocycles. The average molecular weight is 390 g/mol. The lowest BCUT2D eigenvalue weighted by atomic mass is 10.2. The molecule has 1 amide bonds. The Morgan fingerprint density at radius 2 is 1.78 bits per heavy atom. The molecule has 1 N–H and O–H groups in total. The normalized spacial score (nSPS) is 14.4. The molecule has 0 aliphatic carbocycles. The van der Waals surface area contributed by atoms with E-state index in [0.717, 1.165) is 18.9 Å². The largest absolute Gasteiger partial charge is 0.495 e. The first-order valence-electron chi connectivity index (χ1n) is 9.06. The maximum absolute atomic E-state index is 12.6. The number of benzene rings is 1. The summed E-state index contributed by atoms with van der Waals surface area (Å²) in [6, 6.07) is 6.94. The number of aromatic nitrogens is 1. The van der Waals surface area contributed by atoms with E-state index in [1.54, 1.807) is 24.4 Å². The number of amides is 1. The lowest BCUT2D eigenvalue weighted by molar-refractivity contribution is 0.102. The molecule has 0 saturated carbocycles. The predicted molar refractivity (Wildman–Crippen MR) is 107 cm³/mol. The number of hydrogen-bond donors (Lipinski definition) is 1. The van der Waals surface area contributed by atoms with Gasteiger partial charge in [-0.1, -0.05) is 24.4 Å². The highest BCUT2D eigenvalue weighted by molar-refractivity contribution is 6.32. The molecule has 1 saturated heterocycles. The van der Waals surface area contributed by atoms with Gasteiger partial charge < -0.3 is 19.7 Å². The van der Waals surface area contributed by atoms with Crippen LogP contribution in [0, 0.1) is 0 Å². The van der Waals surface area contributed by atoms with E-state index >= 15 is 0 Å². The van der Waals surface area contributed by atoms with Gasteiger partial charge in [0.05, 0.1) is 30.5 Å². The molecule has 1 fully saturated rings. The molecule has 1 aromatic carbocycles. The Morgan fingerprint density at radius 1 is 1.07 bits per heavy atom.